The first kappa shape index (κ1) is 19.4. The molecule has 1 saturated heterocycles. The van der Waals surface area contributed by atoms with Gasteiger partial charge in [-0.3, -0.25) is 10.00 Å². The van der Waals surface area contributed by atoms with Gasteiger partial charge in [0.1, 0.15) is 5.82 Å². The number of ether oxygens (including phenoxy) is 1. The van der Waals surface area contributed by atoms with Gasteiger partial charge >= 0.3 is 0 Å². The summed E-state index contributed by atoms with van der Waals surface area (Å²) in [5.41, 5.74) is 12.6. The molecule has 0 spiro atoms. The van der Waals surface area contributed by atoms with Gasteiger partial charge in [-0.15, -0.1) is 0 Å². The van der Waals surface area contributed by atoms with Gasteiger partial charge in [0.15, 0.2) is 5.82 Å². The highest BCUT2D eigenvalue weighted by Gasteiger charge is 2.16. The second-order valence-corrected chi connectivity index (χ2v) is 7.53. The second-order valence-electron chi connectivity index (χ2n) is 7.53. The van der Waals surface area contributed by atoms with Gasteiger partial charge in [-0.05, 0) is 43.0 Å². The molecule has 1 aromatic carbocycles. The highest BCUT2D eigenvalue weighted by atomic mass is 16.5. The molecular formula is C21H27N7O. The van der Waals surface area contributed by atoms with Crippen molar-refractivity contribution in [3.8, 4) is 11.1 Å². The first-order valence-corrected chi connectivity index (χ1v) is 9.82. The Hall–Kier alpha value is -2.97. The van der Waals surface area contributed by atoms with Crippen LogP contribution in [0.15, 0.2) is 24.4 Å². The summed E-state index contributed by atoms with van der Waals surface area (Å²) in [6.45, 7) is 10.7. The third-order valence-corrected chi connectivity index (χ3v) is 5.23. The smallest absolute Gasteiger partial charge is 0.221 e. The van der Waals surface area contributed by atoms with Crippen LogP contribution in [0.3, 0.4) is 0 Å². The number of nitrogens with two attached hydrogens (primary N) is 1. The van der Waals surface area contributed by atoms with E-state index in [0.717, 1.165) is 49.7 Å². The number of aromatic amines is 1. The highest BCUT2D eigenvalue weighted by molar-refractivity contribution is 5.80. The van der Waals surface area contributed by atoms with Gasteiger partial charge in [0.25, 0.3) is 0 Å². The number of rotatable bonds is 5. The number of hydrogen-bond acceptors (Lipinski definition) is 7. The number of aryl methyl sites for hydroxylation is 3. The van der Waals surface area contributed by atoms with Crippen molar-refractivity contribution in [3.63, 3.8) is 0 Å². The van der Waals surface area contributed by atoms with Crippen molar-refractivity contribution < 1.29 is 4.74 Å². The average Bonchev–Trinajstić information content (AvgIpc) is 3.10. The minimum absolute atomic E-state index is 0.224. The average molecular weight is 393 g/mol. The lowest BCUT2D eigenvalue weighted by Crippen LogP contribution is -2.35. The fourth-order valence-electron chi connectivity index (χ4n) is 3.63. The number of morpholine rings is 1. The summed E-state index contributed by atoms with van der Waals surface area (Å²) in [6.07, 6.45) is 1.77. The van der Waals surface area contributed by atoms with Gasteiger partial charge in [-0.2, -0.15) is 10.1 Å². The predicted molar refractivity (Wildman–Crippen MR) is 114 cm³/mol. The molecule has 152 valence electrons. The molecule has 2 aromatic heterocycles. The Kier molecular flexibility index (Phi) is 5.46. The van der Waals surface area contributed by atoms with Crippen LogP contribution in [0.4, 0.5) is 17.6 Å². The van der Waals surface area contributed by atoms with E-state index >= 15 is 0 Å². The number of H-pyrrole nitrogens is 1. The molecule has 0 unspecified atom stereocenters. The number of nitrogens with one attached hydrogen (secondary N) is 2. The minimum Gasteiger partial charge on any atom is -0.379 e. The summed E-state index contributed by atoms with van der Waals surface area (Å²) in [5, 5.41) is 10.4. The van der Waals surface area contributed by atoms with Crippen LogP contribution in [-0.2, 0) is 11.3 Å². The Morgan fingerprint density at radius 3 is 2.62 bits per heavy atom. The number of nitrogens with zero attached hydrogens (tertiary/aromatic N) is 4. The lowest BCUT2D eigenvalue weighted by molar-refractivity contribution is 0.0341. The van der Waals surface area contributed by atoms with Gasteiger partial charge < -0.3 is 15.8 Å². The fraction of sp³-hybridized carbons (Fsp3) is 0.381. The molecule has 0 radical (unpaired) electrons. The van der Waals surface area contributed by atoms with Crippen molar-refractivity contribution in [1.29, 1.82) is 0 Å². The fourth-order valence-corrected chi connectivity index (χ4v) is 3.63. The van der Waals surface area contributed by atoms with Crippen molar-refractivity contribution in [2.45, 2.75) is 27.3 Å². The molecule has 0 saturated carbocycles. The summed E-state index contributed by atoms with van der Waals surface area (Å²) in [6, 6.07) is 6.39. The van der Waals surface area contributed by atoms with E-state index in [9.17, 15) is 0 Å². The molecule has 0 amide bonds. The Morgan fingerprint density at radius 1 is 1.10 bits per heavy atom. The highest BCUT2D eigenvalue weighted by Crippen LogP contribution is 2.33. The zero-order valence-electron chi connectivity index (χ0n) is 17.1. The quantitative estimate of drug-likeness (QED) is 0.612. The zero-order valence-corrected chi connectivity index (χ0v) is 17.1. The monoisotopic (exact) mass is 393 g/mol. The maximum Gasteiger partial charge on any atom is 0.221 e. The lowest BCUT2D eigenvalue weighted by Gasteiger charge is -2.27. The molecule has 29 heavy (non-hydrogen) atoms. The Bertz CT molecular complexity index is 1010. The molecule has 8 heteroatoms. The normalized spacial score (nSPS) is 14.9. The summed E-state index contributed by atoms with van der Waals surface area (Å²) >= 11 is 0. The van der Waals surface area contributed by atoms with Gasteiger partial charge in [0.2, 0.25) is 5.95 Å². The molecule has 4 N–H and O–H groups in total. The molecule has 8 nitrogen and oxygen atoms in total. The lowest BCUT2D eigenvalue weighted by atomic mass is 9.95. The van der Waals surface area contributed by atoms with Gasteiger partial charge in [0, 0.05) is 43.2 Å². The van der Waals surface area contributed by atoms with E-state index in [1.807, 2.05) is 13.0 Å². The Balaban J connectivity index is 1.66. The van der Waals surface area contributed by atoms with Crippen LogP contribution in [0.1, 0.15) is 22.4 Å². The molecule has 3 aromatic rings. The molecule has 0 atom stereocenters. The first-order valence-electron chi connectivity index (χ1n) is 9.82. The molecule has 0 aliphatic carbocycles. The Morgan fingerprint density at radius 2 is 1.90 bits per heavy atom. The number of benzene rings is 1. The molecule has 1 aliphatic heterocycles. The number of anilines is 3. The van der Waals surface area contributed by atoms with E-state index in [-0.39, 0.29) is 5.95 Å². The maximum atomic E-state index is 5.85. The van der Waals surface area contributed by atoms with Crippen molar-refractivity contribution >= 4 is 17.6 Å². The van der Waals surface area contributed by atoms with Crippen molar-refractivity contribution in [3.05, 3.63) is 46.8 Å². The third-order valence-electron chi connectivity index (χ3n) is 5.23. The van der Waals surface area contributed by atoms with Crippen molar-refractivity contribution in [2.75, 3.05) is 37.4 Å². The van der Waals surface area contributed by atoms with Crippen LogP contribution in [0, 0.1) is 20.8 Å². The SMILES string of the molecule is Cc1cc(Nc2nc(N)ncc2-c2cc(C)c(CN3CCOCC3)cc2C)n[nH]1. The third kappa shape index (κ3) is 4.38. The standard InChI is InChI=1S/C21H27N7O/c1-13-9-17(14(2)8-16(13)12-28-4-6-29-7-5-28)18-11-23-21(22)25-20(18)24-19-10-15(3)26-27-19/h8-11H,4-7,12H2,1-3H3,(H4,22,23,24,25,26,27). The van der Waals surface area contributed by atoms with Crippen LogP contribution >= 0.6 is 0 Å². The topological polar surface area (TPSA) is 105 Å². The van der Waals surface area contributed by atoms with Crippen molar-refractivity contribution in [2.24, 2.45) is 0 Å². The molecule has 3 heterocycles. The van der Waals surface area contributed by atoms with Gasteiger partial charge in [-0.25, -0.2) is 4.98 Å². The van der Waals surface area contributed by atoms with Gasteiger partial charge in [0.05, 0.1) is 13.2 Å². The van der Waals surface area contributed by atoms with E-state index in [2.05, 4.69) is 56.4 Å². The molecular weight excluding hydrogens is 366 g/mol. The number of nitrogen functional groups attached to an aromatic ring is 1. The minimum atomic E-state index is 0.224. The summed E-state index contributed by atoms with van der Waals surface area (Å²) in [5.74, 6) is 1.56. The van der Waals surface area contributed by atoms with E-state index in [1.54, 1.807) is 6.20 Å². The zero-order chi connectivity index (χ0) is 20.4. The maximum absolute atomic E-state index is 5.85. The number of aromatic nitrogens is 4. The molecule has 1 fully saturated rings. The van der Waals surface area contributed by atoms with Gasteiger partial charge in [-0.1, -0.05) is 12.1 Å². The first-order chi connectivity index (χ1) is 14.0. The van der Waals surface area contributed by atoms with Crippen LogP contribution < -0.4 is 11.1 Å². The summed E-state index contributed by atoms with van der Waals surface area (Å²) in [7, 11) is 0. The van der Waals surface area contributed by atoms with E-state index < -0.39 is 0 Å². The van der Waals surface area contributed by atoms with Crippen molar-refractivity contribution in [1.82, 2.24) is 25.1 Å². The molecule has 0 bridgehead atoms. The predicted octanol–water partition coefficient (Wildman–Crippen LogP) is 2.95. The summed E-state index contributed by atoms with van der Waals surface area (Å²) < 4.78 is 5.46. The van der Waals surface area contributed by atoms with Crippen LogP contribution in [0.2, 0.25) is 0 Å². The van der Waals surface area contributed by atoms with E-state index in [4.69, 9.17) is 10.5 Å². The largest absolute Gasteiger partial charge is 0.379 e. The van der Waals surface area contributed by atoms with Crippen LogP contribution in [0.25, 0.3) is 11.1 Å². The Labute approximate surface area is 170 Å². The molecule has 4 rings (SSSR count). The summed E-state index contributed by atoms with van der Waals surface area (Å²) in [4.78, 5) is 11.1. The van der Waals surface area contributed by atoms with Crippen LogP contribution in [-0.4, -0.2) is 51.4 Å². The van der Waals surface area contributed by atoms with E-state index in [1.165, 1.54) is 16.7 Å². The van der Waals surface area contributed by atoms with E-state index in [0.29, 0.717) is 11.6 Å². The second kappa shape index (κ2) is 8.18. The van der Waals surface area contributed by atoms with Crippen LogP contribution in [0.5, 0.6) is 0 Å². The number of hydrogen-bond donors (Lipinski definition) is 3. The molecule has 1 aliphatic rings.